The Bertz CT molecular complexity index is 239. The number of nitrogens with one attached hydrogen (secondary N) is 2. The Morgan fingerprint density at radius 2 is 2.12 bits per heavy atom. The van der Waals surface area contributed by atoms with E-state index < -0.39 is 0 Å². The van der Waals surface area contributed by atoms with Crippen LogP contribution in [0.1, 0.15) is 38.5 Å². The second kappa shape index (κ2) is 5.64. The monoisotopic (exact) mass is 226 g/mol. The summed E-state index contributed by atoms with van der Waals surface area (Å²) in [7, 11) is 0. The molecule has 2 aliphatic rings. The van der Waals surface area contributed by atoms with E-state index in [4.69, 9.17) is 0 Å². The van der Waals surface area contributed by atoms with E-state index in [9.17, 15) is 9.90 Å². The minimum Gasteiger partial charge on any atom is -0.393 e. The fraction of sp³-hybridized carbons (Fsp3) is 0.917. The minimum absolute atomic E-state index is 0.00713. The van der Waals surface area contributed by atoms with Crippen LogP contribution in [-0.4, -0.2) is 36.2 Å². The summed E-state index contributed by atoms with van der Waals surface area (Å²) in [5.41, 5.74) is 0. The Balaban J connectivity index is 1.70. The van der Waals surface area contributed by atoms with Gasteiger partial charge in [-0.1, -0.05) is 12.8 Å². The van der Waals surface area contributed by atoms with E-state index in [0.29, 0.717) is 6.54 Å². The lowest BCUT2D eigenvalue weighted by Gasteiger charge is -2.23. The molecule has 0 bridgehead atoms. The molecule has 1 aliphatic carbocycles. The van der Waals surface area contributed by atoms with Crippen molar-refractivity contribution >= 4 is 5.91 Å². The van der Waals surface area contributed by atoms with Crippen LogP contribution >= 0.6 is 0 Å². The average Bonchev–Trinajstić information content (AvgIpc) is 2.73. The van der Waals surface area contributed by atoms with Crippen LogP contribution in [0.2, 0.25) is 0 Å². The third-order valence-electron chi connectivity index (χ3n) is 3.78. The average molecular weight is 226 g/mol. The van der Waals surface area contributed by atoms with Crippen LogP contribution in [0, 0.1) is 5.92 Å². The Labute approximate surface area is 96.8 Å². The van der Waals surface area contributed by atoms with Crippen molar-refractivity contribution in [2.45, 2.75) is 50.7 Å². The minimum atomic E-state index is -0.209. The van der Waals surface area contributed by atoms with E-state index in [-0.39, 0.29) is 24.0 Å². The first-order chi connectivity index (χ1) is 7.77. The second-order valence-corrected chi connectivity index (χ2v) is 5.01. The van der Waals surface area contributed by atoms with Crippen LogP contribution in [0.25, 0.3) is 0 Å². The van der Waals surface area contributed by atoms with Gasteiger partial charge in [-0.05, 0) is 32.2 Å². The van der Waals surface area contributed by atoms with Crippen molar-refractivity contribution in [3.8, 4) is 0 Å². The van der Waals surface area contributed by atoms with Crippen LogP contribution < -0.4 is 10.6 Å². The van der Waals surface area contributed by atoms with Crippen molar-refractivity contribution in [2.75, 3.05) is 13.1 Å². The van der Waals surface area contributed by atoms with Gasteiger partial charge >= 0.3 is 0 Å². The fourth-order valence-electron chi connectivity index (χ4n) is 2.69. The largest absolute Gasteiger partial charge is 0.393 e. The zero-order valence-electron chi connectivity index (χ0n) is 9.74. The molecule has 1 heterocycles. The number of amides is 1. The van der Waals surface area contributed by atoms with Crippen LogP contribution in [0.3, 0.4) is 0 Å². The van der Waals surface area contributed by atoms with Gasteiger partial charge in [0.05, 0.1) is 12.1 Å². The van der Waals surface area contributed by atoms with Crippen molar-refractivity contribution in [3.63, 3.8) is 0 Å². The molecule has 0 aromatic heterocycles. The molecule has 0 radical (unpaired) electrons. The molecule has 0 aromatic carbocycles. The van der Waals surface area contributed by atoms with E-state index in [2.05, 4.69) is 10.6 Å². The molecule has 92 valence electrons. The molecule has 1 aliphatic heterocycles. The Kier molecular flexibility index (Phi) is 4.18. The maximum atomic E-state index is 11.8. The van der Waals surface area contributed by atoms with Crippen LogP contribution in [0.4, 0.5) is 0 Å². The van der Waals surface area contributed by atoms with Crippen molar-refractivity contribution in [3.05, 3.63) is 0 Å². The zero-order chi connectivity index (χ0) is 11.4. The number of rotatable bonds is 3. The molecule has 0 aromatic rings. The lowest BCUT2D eigenvalue weighted by Crippen LogP contribution is -2.48. The molecule has 1 saturated heterocycles. The first-order valence-corrected chi connectivity index (χ1v) is 6.46. The van der Waals surface area contributed by atoms with Crippen molar-refractivity contribution in [1.29, 1.82) is 0 Å². The van der Waals surface area contributed by atoms with Gasteiger partial charge in [-0.3, -0.25) is 4.79 Å². The van der Waals surface area contributed by atoms with Gasteiger partial charge in [0.15, 0.2) is 0 Å². The summed E-state index contributed by atoms with van der Waals surface area (Å²) in [6.07, 6.45) is 6.06. The lowest BCUT2D eigenvalue weighted by molar-refractivity contribution is -0.123. The van der Waals surface area contributed by atoms with E-state index >= 15 is 0 Å². The fourth-order valence-corrected chi connectivity index (χ4v) is 2.69. The van der Waals surface area contributed by atoms with Crippen LogP contribution in [0.15, 0.2) is 0 Å². The molecule has 3 atom stereocenters. The molecule has 2 rings (SSSR count). The number of piperidine rings is 1. The molecule has 3 unspecified atom stereocenters. The van der Waals surface area contributed by atoms with Gasteiger partial charge in [0, 0.05) is 12.5 Å². The van der Waals surface area contributed by atoms with Gasteiger partial charge in [-0.15, -0.1) is 0 Å². The third-order valence-corrected chi connectivity index (χ3v) is 3.78. The normalized spacial score (nSPS) is 34.9. The molecule has 3 N–H and O–H groups in total. The summed E-state index contributed by atoms with van der Waals surface area (Å²) in [4.78, 5) is 11.8. The Hall–Kier alpha value is -0.610. The smallest absolute Gasteiger partial charge is 0.237 e. The number of aliphatic hydroxyl groups excluding tert-OH is 1. The van der Waals surface area contributed by atoms with Gasteiger partial charge in [0.1, 0.15) is 0 Å². The Morgan fingerprint density at radius 1 is 1.25 bits per heavy atom. The summed E-state index contributed by atoms with van der Waals surface area (Å²) >= 11 is 0. The predicted octanol–water partition coefficient (Wildman–Crippen LogP) is 0.406. The standard InChI is InChI=1S/C12H22N2O2/c15-11-6-3-4-9(11)8-14-12(16)10-5-1-2-7-13-10/h9-11,13,15H,1-8H2,(H,14,16). The number of aliphatic hydroxyl groups is 1. The summed E-state index contributed by atoms with van der Waals surface area (Å²) in [5.74, 6) is 0.381. The molecule has 1 saturated carbocycles. The Morgan fingerprint density at radius 3 is 2.75 bits per heavy atom. The van der Waals surface area contributed by atoms with Gasteiger partial charge in [-0.25, -0.2) is 0 Å². The van der Waals surface area contributed by atoms with E-state index in [0.717, 1.165) is 38.6 Å². The van der Waals surface area contributed by atoms with Gasteiger partial charge in [0.25, 0.3) is 0 Å². The maximum absolute atomic E-state index is 11.8. The number of carbonyl (C=O) groups excluding carboxylic acids is 1. The molecule has 16 heavy (non-hydrogen) atoms. The maximum Gasteiger partial charge on any atom is 0.237 e. The highest BCUT2D eigenvalue weighted by Crippen LogP contribution is 2.24. The molecular formula is C12H22N2O2. The summed E-state index contributed by atoms with van der Waals surface area (Å²) < 4.78 is 0. The van der Waals surface area contributed by atoms with Gasteiger partial charge < -0.3 is 15.7 Å². The molecule has 1 amide bonds. The van der Waals surface area contributed by atoms with Crippen LogP contribution in [-0.2, 0) is 4.79 Å². The number of hydrogen-bond acceptors (Lipinski definition) is 3. The summed E-state index contributed by atoms with van der Waals surface area (Å²) in [6, 6.07) is -0.00713. The number of hydrogen-bond donors (Lipinski definition) is 3. The molecule has 4 nitrogen and oxygen atoms in total. The van der Waals surface area contributed by atoms with E-state index in [1.165, 1.54) is 6.42 Å². The lowest BCUT2D eigenvalue weighted by atomic mass is 10.0. The first kappa shape index (κ1) is 11.9. The second-order valence-electron chi connectivity index (χ2n) is 5.01. The quantitative estimate of drug-likeness (QED) is 0.653. The van der Waals surface area contributed by atoms with E-state index in [1.807, 2.05) is 0 Å². The van der Waals surface area contributed by atoms with Crippen molar-refractivity contribution in [1.82, 2.24) is 10.6 Å². The number of carbonyl (C=O) groups is 1. The topological polar surface area (TPSA) is 61.4 Å². The molecular weight excluding hydrogens is 204 g/mol. The van der Waals surface area contributed by atoms with Gasteiger partial charge in [0.2, 0.25) is 5.91 Å². The first-order valence-electron chi connectivity index (χ1n) is 6.46. The molecule has 4 heteroatoms. The van der Waals surface area contributed by atoms with Crippen LogP contribution in [0.5, 0.6) is 0 Å². The highest BCUT2D eigenvalue weighted by molar-refractivity contribution is 5.81. The summed E-state index contributed by atoms with van der Waals surface area (Å²) in [6.45, 7) is 1.59. The molecule has 2 fully saturated rings. The predicted molar refractivity (Wildman–Crippen MR) is 62.0 cm³/mol. The zero-order valence-corrected chi connectivity index (χ0v) is 9.74. The van der Waals surface area contributed by atoms with Gasteiger partial charge in [-0.2, -0.15) is 0 Å². The third kappa shape index (κ3) is 2.95. The highest BCUT2D eigenvalue weighted by atomic mass is 16.3. The van der Waals surface area contributed by atoms with Crippen molar-refractivity contribution < 1.29 is 9.90 Å². The SMILES string of the molecule is O=C(NCC1CCCC1O)C1CCCCN1. The van der Waals surface area contributed by atoms with Crippen molar-refractivity contribution in [2.24, 2.45) is 5.92 Å². The highest BCUT2D eigenvalue weighted by Gasteiger charge is 2.27. The summed E-state index contributed by atoms with van der Waals surface area (Å²) in [5, 5.41) is 15.8. The van der Waals surface area contributed by atoms with E-state index in [1.54, 1.807) is 0 Å². The molecule has 0 spiro atoms.